The number of hydrogen-bond acceptors (Lipinski definition) is 8. The summed E-state index contributed by atoms with van der Waals surface area (Å²) in [5.41, 5.74) is -0.454. The Morgan fingerprint density at radius 3 is 2.84 bits per heavy atom. The van der Waals surface area contributed by atoms with Crippen molar-refractivity contribution in [2.45, 2.75) is 10.3 Å². The van der Waals surface area contributed by atoms with E-state index in [1.165, 1.54) is 25.4 Å². The number of carboxylic acids is 1. The van der Waals surface area contributed by atoms with E-state index in [0.717, 1.165) is 0 Å². The molecule has 0 saturated carbocycles. The number of aromatic nitrogens is 1. The number of carbonyl (C=O) groups is 1. The normalized spacial score (nSPS) is 16.6. The maximum Gasteiger partial charge on any atom is 0.341 e. The number of anilines is 2. The predicted molar refractivity (Wildman–Crippen MR) is 120 cm³/mol. The monoisotopic (exact) mass is 477 g/mol. The molecule has 3 aromatic rings. The second-order valence-corrected chi connectivity index (χ2v) is 9.51. The van der Waals surface area contributed by atoms with E-state index in [1.807, 2.05) is 0 Å². The number of aromatic carboxylic acids is 1. The summed E-state index contributed by atoms with van der Waals surface area (Å²) in [5.74, 6) is -1.10. The fourth-order valence-corrected chi connectivity index (χ4v) is 5.25. The lowest BCUT2D eigenvalue weighted by Crippen LogP contribution is -2.43. The van der Waals surface area contributed by atoms with Crippen LogP contribution in [0.1, 0.15) is 10.4 Å². The van der Waals surface area contributed by atoms with Gasteiger partial charge in [0.15, 0.2) is 5.44 Å². The van der Waals surface area contributed by atoms with Crippen LogP contribution in [0.15, 0.2) is 47.5 Å². The Morgan fingerprint density at radius 2 is 2.16 bits per heavy atom. The van der Waals surface area contributed by atoms with Gasteiger partial charge in [0.05, 0.1) is 30.6 Å². The minimum absolute atomic E-state index is 0.120. The summed E-state index contributed by atoms with van der Waals surface area (Å²) in [6, 6.07) is 9.50. The molecule has 3 N–H and O–H groups in total. The maximum absolute atomic E-state index is 13.4. The second-order valence-electron chi connectivity index (χ2n) is 7.02. The van der Waals surface area contributed by atoms with Gasteiger partial charge >= 0.3 is 5.97 Å². The molecular weight excluding hydrogens is 458 g/mol. The predicted octanol–water partition coefficient (Wildman–Crippen LogP) is 3.06. The smallest absolute Gasteiger partial charge is 0.341 e. The van der Waals surface area contributed by atoms with Crippen molar-refractivity contribution in [3.05, 3.63) is 53.2 Å². The lowest BCUT2D eigenvalue weighted by Gasteiger charge is -2.25. The van der Waals surface area contributed by atoms with Crippen LogP contribution in [0, 0.1) is 0 Å². The molecule has 1 unspecified atom stereocenters. The number of rotatable bonds is 6. The largest absolute Gasteiger partial charge is 0.496 e. The third-order valence-electron chi connectivity index (χ3n) is 5.06. The highest BCUT2D eigenvalue weighted by atomic mass is 35.5. The minimum atomic E-state index is -4.00. The van der Waals surface area contributed by atoms with E-state index in [9.17, 15) is 18.3 Å². The van der Waals surface area contributed by atoms with Crippen LogP contribution in [0.25, 0.3) is 10.9 Å². The molecular formula is C21H20ClN3O6S. The van der Waals surface area contributed by atoms with Crippen LogP contribution in [-0.4, -0.2) is 56.7 Å². The molecule has 1 aromatic heterocycles. The van der Waals surface area contributed by atoms with E-state index in [4.69, 9.17) is 21.1 Å². The van der Waals surface area contributed by atoms with Crippen molar-refractivity contribution in [1.82, 2.24) is 10.3 Å². The van der Waals surface area contributed by atoms with E-state index in [-0.39, 0.29) is 40.7 Å². The topological polar surface area (TPSA) is 127 Å². The number of fused-ring (bicyclic) bond motifs is 1. The average Bonchev–Trinajstić information content (AvgIpc) is 2.79. The Bertz CT molecular complexity index is 1290. The van der Waals surface area contributed by atoms with Gasteiger partial charge in [0.25, 0.3) is 0 Å². The summed E-state index contributed by atoms with van der Waals surface area (Å²) in [5, 5.41) is 16.5. The first-order valence-electron chi connectivity index (χ1n) is 9.64. The highest BCUT2D eigenvalue weighted by molar-refractivity contribution is 7.92. The number of halogens is 1. The number of carboxylic acid groups (broad SMARTS) is 1. The van der Waals surface area contributed by atoms with E-state index in [2.05, 4.69) is 15.6 Å². The van der Waals surface area contributed by atoms with Gasteiger partial charge in [0.1, 0.15) is 16.2 Å². The molecule has 1 aliphatic rings. The van der Waals surface area contributed by atoms with E-state index >= 15 is 0 Å². The Labute approximate surface area is 189 Å². The summed E-state index contributed by atoms with van der Waals surface area (Å²) in [6.07, 6.45) is 1.24. The number of methoxy groups -OCH3 is 1. The second kappa shape index (κ2) is 8.91. The van der Waals surface area contributed by atoms with Gasteiger partial charge in [-0.15, -0.1) is 0 Å². The number of ether oxygens (including phenoxy) is 2. The van der Waals surface area contributed by atoms with Gasteiger partial charge < -0.3 is 25.2 Å². The highest BCUT2D eigenvalue weighted by Gasteiger charge is 2.33. The van der Waals surface area contributed by atoms with Gasteiger partial charge in [-0.2, -0.15) is 0 Å². The Hall–Kier alpha value is -2.92. The van der Waals surface area contributed by atoms with Gasteiger partial charge in [-0.3, -0.25) is 4.98 Å². The number of hydrogen-bond donors (Lipinski definition) is 3. The summed E-state index contributed by atoms with van der Waals surface area (Å²) < 4.78 is 37.6. The number of nitrogens with zero attached hydrogens (tertiary/aromatic N) is 1. The van der Waals surface area contributed by atoms with Gasteiger partial charge in [-0.1, -0.05) is 17.7 Å². The molecule has 1 fully saturated rings. The molecule has 11 heteroatoms. The summed E-state index contributed by atoms with van der Waals surface area (Å²) in [7, 11) is -2.64. The van der Waals surface area contributed by atoms with Crippen LogP contribution < -0.4 is 15.4 Å². The quantitative estimate of drug-likeness (QED) is 0.490. The molecule has 0 bridgehead atoms. The van der Waals surface area contributed by atoms with E-state index in [1.54, 1.807) is 24.3 Å². The first-order valence-corrected chi connectivity index (χ1v) is 11.6. The zero-order chi connectivity index (χ0) is 22.9. The van der Waals surface area contributed by atoms with Crippen LogP contribution in [0.4, 0.5) is 11.4 Å². The van der Waals surface area contributed by atoms with Crippen molar-refractivity contribution in [3.63, 3.8) is 0 Å². The summed E-state index contributed by atoms with van der Waals surface area (Å²) in [6.45, 7) is 0.919. The van der Waals surface area contributed by atoms with Crippen molar-refractivity contribution in [2.75, 3.05) is 32.1 Å². The lowest BCUT2D eigenvalue weighted by atomic mass is 10.1. The number of sulfone groups is 1. The number of benzene rings is 2. The molecule has 168 valence electrons. The Morgan fingerprint density at radius 1 is 1.34 bits per heavy atom. The first kappa shape index (κ1) is 22.3. The molecule has 0 spiro atoms. The molecule has 0 radical (unpaired) electrons. The van der Waals surface area contributed by atoms with Crippen molar-refractivity contribution in [2.24, 2.45) is 0 Å². The molecule has 1 atom stereocenters. The van der Waals surface area contributed by atoms with Crippen molar-refractivity contribution in [3.8, 4) is 5.75 Å². The third-order valence-corrected chi connectivity index (χ3v) is 7.21. The third kappa shape index (κ3) is 4.09. The van der Waals surface area contributed by atoms with Crippen LogP contribution in [0.2, 0.25) is 5.02 Å². The first-order chi connectivity index (χ1) is 15.3. The molecule has 4 rings (SSSR count). The van der Waals surface area contributed by atoms with Gasteiger partial charge in [-0.05, 0) is 30.3 Å². The Kier molecular flexibility index (Phi) is 6.20. The summed E-state index contributed by atoms with van der Waals surface area (Å²) >= 11 is 6.18. The molecule has 1 aliphatic heterocycles. The number of pyridine rings is 1. The zero-order valence-electron chi connectivity index (χ0n) is 17.0. The molecule has 2 aromatic carbocycles. The Balaban J connectivity index is 1.95. The standard InChI is InChI=1S/C21H20ClN3O6S/c1-30-16-4-2-3-15(19(16)21(26)27)25-20-13-9-12(22)5-6-14(13)24-10-17(20)32(28,29)18-11-23-7-8-31-18/h2-6,9-10,18,23H,7-8,11H2,1H3,(H,24,25)(H,26,27). The van der Waals surface area contributed by atoms with E-state index < -0.39 is 21.2 Å². The molecule has 2 heterocycles. The van der Waals surface area contributed by atoms with Crippen LogP contribution in [-0.2, 0) is 14.6 Å². The van der Waals surface area contributed by atoms with E-state index in [0.29, 0.717) is 22.5 Å². The fraction of sp³-hybridized carbons (Fsp3) is 0.238. The molecule has 0 aliphatic carbocycles. The van der Waals surface area contributed by atoms with Gasteiger partial charge in [0.2, 0.25) is 9.84 Å². The summed E-state index contributed by atoms with van der Waals surface area (Å²) in [4.78, 5) is 16.1. The minimum Gasteiger partial charge on any atom is -0.496 e. The van der Waals surface area contributed by atoms with Gasteiger partial charge in [-0.25, -0.2) is 13.2 Å². The maximum atomic E-state index is 13.4. The fourth-order valence-electron chi connectivity index (χ4n) is 3.53. The molecule has 32 heavy (non-hydrogen) atoms. The van der Waals surface area contributed by atoms with Crippen molar-refractivity contribution in [1.29, 1.82) is 0 Å². The number of morpholine rings is 1. The van der Waals surface area contributed by atoms with Crippen LogP contribution >= 0.6 is 11.6 Å². The van der Waals surface area contributed by atoms with Crippen LogP contribution in [0.3, 0.4) is 0 Å². The molecule has 0 amide bonds. The van der Waals surface area contributed by atoms with Crippen LogP contribution in [0.5, 0.6) is 5.75 Å². The molecule has 9 nitrogen and oxygen atoms in total. The molecule has 1 saturated heterocycles. The van der Waals surface area contributed by atoms with Crippen molar-refractivity contribution >= 4 is 49.7 Å². The lowest BCUT2D eigenvalue weighted by molar-refractivity contribution is 0.0694. The highest BCUT2D eigenvalue weighted by Crippen LogP contribution is 2.37. The van der Waals surface area contributed by atoms with Gasteiger partial charge in [0, 0.05) is 29.7 Å². The van der Waals surface area contributed by atoms with Crippen molar-refractivity contribution < 1.29 is 27.8 Å². The average molecular weight is 478 g/mol. The zero-order valence-corrected chi connectivity index (χ0v) is 18.5. The number of nitrogens with one attached hydrogen (secondary N) is 2. The SMILES string of the molecule is COc1cccc(Nc2c(S(=O)(=O)C3CNCCO3)cnc3ccc(Cl)cc23)c1C(=O)O.